The van der Waals surface area contributed by atoms with E-state index >= 15 is 0 Å². The molecule has 0 fully saturated rings. The molecule has 0 amide bonds. The molecular formula is C13H17NO4. The molecule has 0 aliphatic heterocycles. The molecule has 98 valence electrons. The van der Waals surface area contributed by atoms with Gasteiger partial charge >= 0.3 is 5.97 Å². The second-order valence-electron chi connectivity index (χ2n) is 3.88. The molecule has 0 aliphatic rings. The standard InChI is InChI=1S/C13H17NO4/c1-5-10-8(3)12(18-6-2)11(14(10)4)9(7-15)13(16)17/h5-6H2,1-4H3,(H,16,17). The third-order valence-electron chi connectivity index (χ3n) is 2.91. The molecule has 0 saturated carbocycles. The van der Waals surface area contributed by atoms with Crippen LogP contribution in [0.25, 0.3) is 5.57 Å². The summed E-state index contributed by atoms with van der Waals surface area (Å²) in [7, 11) is 1.73. The van der Waals surface area contributed by atoms with E-state index in [0.717, 1.165) is 17.7 Å². The van der Waals surface area contributed by atoms with Gasteiger partial charge in [-0.2, -0.15) is 0 Å². The Kier molecular flexibility index (Phi) is 4.34. The number of rotatable bonds is 5. The number of carbonyl (C=O) groups is 1. The number of aromatic nitrogens is 1. The van der Waals surface area contributed by atoms with Crippen LogP contribution in [0.5, 0.6) is 5.75 Å². The van der Waals surface area contributed by atoms with Gasteiger partial charge in [-0.1, -0.05) is 6.92 Å². The van der Waals surface area contributed by atoms with Crippen LogP contribution in [0.15, 0.2) is 0 Å². The van der Waals surface area contributed by atoms with E-state index in [1.165, 1.54) is 5.94 Å². The van der Waals surface area contributed by atoms with Gasteiger partial charge in [-0.3, -0.25) is 0 Å². The summed E-state index contributed by atoms with van der Waals surface area (Å²) in [5, 5.41) is 9.05. The first kappa shape index (κ1) is 14.1. The molecule has 18 heavy (non-hydrogen) atoms. The van der Waals surface area contributed by atoms with Crippen molar-refractivity contribution in [1.82, 2.24) is 4.57 Å². The summed E-state index contributed by atoms with van der Waals surface area (Å²) >= 11 is 0. The molecule has 0 aromatic carbocycles. The highest BCUT2D eigenvalue weighted by Crippen LogP contribution is 2.33. The zero-order valence-electron chi connectivity index (χ0n) is 11.0. The molecule has 0 bridgehead atoms. The monoisotopic (exact) mass is 251 g/mol. The Hall–Kier alpha value is -2.00. The third-order valence-corrected chi connectivity index (χ3v) is 2.91. The van der Waals surface area contributed by atoms with Crippen molar-refractivity contribution in [3.05, 3.63) is 17.0 Å². The number of nitrogens with zero attached hydrogens (tertiary/aromatic N) is 1. The van der Waals surface area contributed by atoms with Crippen molar-refractivity contribution < 1.29 is 19.4 Å². The Morgan fingerprint density at radius 3 is 2.44 bits per heavy atom. The van der Waals surface area contributed by atoms with Gasteiger partial charge < -0.3 is 14.4 Å². The summed E-state index contributed by atoms with van der Waals surface area (Å²) < 4.78 is 7.17. The molecule has 0 radical (unpaired) electrons. The van der Waals surface area contributed by atoms with Crippen molar-refractivity contribution in [2.75, 3.05) is 6.61 Å². The molecule has 0 unspecified atom stereocenters. The van der Waals surface area contributed by atoms with Crippen LogP contribution in [-0.4, -0.2) is 28.2 Å². The van der Waals surface area contributed by atoms with E-state index in [-0.39, 0.29) is 5.69 Å². The van der Waals surface area contributed by atoms with Crippen LogP contribution in [0.3, 0.4) is 0 Å². The van der Waals surface area contributed by atoms with Gasteiger partial charge in [-0.05, 0) is 20.3 Å². The Morgan fingerprint density at radius 1 is 1.44 bits per heavy atom. The number of hydrogen-bond acceptors (Lipinski definition) is 3. The van der Waals surface area contributed by atoms with Crippen molar-refractivity contribution in [1.29, 1.82) is 0 Å². The van der Waals surface area contributed by atoms with Gasteiger partial charge in [0, 0.05) is 18.3 Å². The predicted octanol–water partition coefficient (Wildman–Crippen LogP) is 1.59. The van der Waals surface area contributed by atoms with Crippen LogP contribution >= 0.6 is 0 Å². The number of carboxylic acid groups (broad SMARTS) is 1. The van der Waals surface area contributed by atoms with Gasteiger partial charge in [-0.15, -0.1) is 0 Å². The quantitative estimate of drug-likeness (QED) is 0.637. The lowest BCUT2D eigenvalue weighted by Crippen LogP contribution is -2.08. The first-order chi connectivity index (χ1) is 8.49. The Bertz CT molecular complexity index is 522. The Balaban J connectivity index is 3.60. The van der Waals surface area contributed by atoms with E-state index in [2.05, 4.69) is 0 Å². The molecule has 0 atom stereocenters. The number of ether oxygens (including phenoxy) is 1. The number of carboxylic acids is 1. The van der Waals surface area contributed by atoms with E-state index in [4.69, 9.17) is 9.84 Å². The van der Waals surface area contributed by atoms with Crippen molar-refractivity contribution in [3.63, 3.8) is 0 Å². The smallest absolute Gasteiger partial charge is 0.349 e. The summed E-state index contributed by atoms with van der Waals surface area (Å²) in [4.78, 5) is 21.9. The fourth-order valence-electron chi connectivity index (χ4n) is 2.15. The van der Waals surface area contributed by atoms with Gasteiger partial charge in [0.25, 0.3) is 0 Å². The summed E-state index contributed by atoms with van der Waals surface area (Å²) in [6.45, 7) is 6.05. The van der Waals surface area contributed by atoms with Crippen LogP contribution in [0.4, 0.5) is 0 Å². The van der Waals surface area contributed by atoms with Gasteiger partial charge in [0.15, 0.2) is 5.57 Å². The summed E-state index contributed by atoms with van der Waals surface area (Å²) in [5.41, 5.74) is 1.70. The molecule has 1 N–H and O–H groups in total. The third kappa shape index (κ3) is 2.17. The highest BCUT2D eigenvalue weighted by molar-refractivity contribution is 6.24. The fraction of sp³-hybridized carbons (Fsp3) is 0.462. The predicted molar refractivity (Wildman–Crippen MR) is 67.4 cm³/mol. The van der Waals surface area contributed by atoms with Crippen LogP contribution in [0.2, 0.25) is 0 Å². The highest BCUT2D eigenvalue weighted by Gasteiger charge is 2.25. The number of carbonyl (C=O) groups excluding carboxylic acids is 1. The first-order valence-electron chi connectivity index (χ1n) is 5.79. The number of aliphatic carboxylic acids is 1. The summed E-state index contributed by atoms with van der Waals surface area (Å²) in [5.74, 6) is 0.647. The van der Waals surface area contributed by atoms with Crippen molar-refractivity contribution >= 4 is 17.5 Å². The lowest BCUT2D eigenvalue weighted by Gasteiger charge is -2.07. The van der Waals surface area contributed by atoms with E-state index in [0.29, 0.717) is 12.4 Å². The lowest BCUT2D eigenvalue weighted by atomic mass is 10.1. The van der Waals surface area contributed by atoms with Crippen LogP contribution in [0.1, 0.15) is 30.8 Å². The fourth-order valence-corrected chi connectivity index (χ4v) is 2.15. The number of hydrogen-bond donors (Lipinski definition) is 1. The zero-order chi connectivity index (χ0) is 13.9. The largest absolute Gasteiger partial charge is 0.491 e. The minimum absolute atomic E-state index is 0.286. The molecule has 0 saturated heterocycles. The van der Waals surface area contributed by atoms with Crippen molar-refractivity contribution in [3.8, 4) is 5.75 Å². The van der Waals surface area contributed by atoms with Crippen LogP contribution in [-0.2, 0) is 23.1 Å². The van der Waals surface area contributed by atoms with Crippen molar-refractivity contribution in [2.24, 2.45) is 7.05 Å². The van der Waals surface area contributed by atoms with Crippen molar-refractivity contribution in [2.45, 2.75) is 27.2 Å². The average Bonchev–Trinajstić information content (AvgIpc) is 2.54. The maximum Gasteiger partial charge on any atom is 0.349 e. The topological polar surface area (TPSA) is 68.5 Å². The zero-order valence-corrected chi connectivity index (χ0v) is 11.0. The average molecular weight is 251 g/mol. The maximum atomic E-state index is 11.1. The van der Waals surface area contributed by atoms with E-state index in [1.54, 1.807) is 11.6 Å². The second kappa shape index (κ2) is 5.56. The van der Waals surface area contributed by atoms with Gasteiger partial charge in [0.1, 0.15) is 17.4 Å². The second-order valence-corrected chi connectivity index (χ2v) is 3.88. The lowest BCUT2D eigenvalue weighted by molar-refractivity contribution is -0.130. The Labute approximate surface area is 106 Å². The molecule has 5 nitrogen and oxygen atoms in total. The van der Waals surface area contributed by atoms with E-state index < -0.39 is 11.5 Å². The maximum absolute atomic E-state index is 11.1. The minimum atomic E-state index is -1.30. The molecule has 5 heteroatoms. The minimum Gasteiger partial charge on any atom is -0.491 e. The van der Waals surface area contributed by atoms with Crippen LogP contribution < -0.4 is 4.74 Å². The Morgan fingerprint density at radius 2 is 2.06 bits per heavy atom. The summed E-state index contributed by atoms with van der Waals surface area (Å²) in [6.07, 6.45) is 0.730. The molecule has 1 aromatic rings. The molecular weight excluding hydrogens is 234 g/mol. The first-order valence-corrected chi connectivity index (χ1v) is 5.79. The molecule has 0 spiro atoms. The van der Waals surface area contributed by atoms with Gasteiger partial charge in [0.2, 0.25) is 0 Å². The molecule has 1 rings (SSSR count). The van der Waals surface area contributed by atoms with Gasteiger partial charge in [-0.25, -0.2) is 9.59 Å². The molecule has 1 aromatic heterocycles. The summed E-state index contributed by atoms with van der Waals surface area (Å²) in [6, 6.07) is 0. The highest BCUT2D eigenvalue weighted by atomic mass is 16.5. The normalized spacial score (nSPS) is 10.0. The molecule has 1 heterocycles. The molecule has 0 aliphatic carbocycles. The van der Waals surface area contributed by atoms with E-state index in [9.17, 15) is 9.59 Å². The van der Waals surface area contributed by atoms with Crippen LogP contribution in [0, 0.1) is 6.92 Å². The van der Waals surface area contributed by atoms with Gasteiger partial charge in [0.05, 0.1) is 6.61 Å². The SMILES string of the molecule is CCOc1c(C)c(CC)n(C)c1C(=C=O)C(=O)O. The van der Waals surface area contributed by atoms with E-state index in [1.807, 2.05) is 20.8 Å².